The van der Waals surface area contributed by atoms with Gasteiger partial charge in [0.05, 0.1) is 11.7 Å². The molecule has 0 saturated heterocycles. The number of rotatable bonds is 0. The van der Waals surface area contributed by atoms with E-state index in [2.05, 4.69) is 57.6 Å². The van der Waals surface area contributed by atoms with Crippen LogP contribution in [0.5, 0.6) is 0 Å². The van der Waals surface area contributed by atoms with Crippen LogP contribution in [0.15, 0.2) is 24.7 Å². The van der Waals surface area contributed by atoms with Gasteiger partial charge < -0.3 is 0 Å². The predicted octanol–water partition coefficient (Wildman–Crippen LogP) is 4.22. The lowest BCUT2D eigenvalue weighted by atomic mass is 9.74. The number of hydrogen-bond acceptors (Lipinski definition) is 2. The van der Waals surface area contributed by atoms with E-state index in [-0.39, 0.29) is 10.8 Å². The first-order valence-corrected chi connectivity index (χ1v) is 6.45. The molecule has 0 aliphatic carbocycles. The fourth-order valence-electron chi connectivity index (χ4n) is 2.42. The van der Waals surface area contributed by atoms with E-state index in [1.807, 2.05) is 18.6 Å². The Hall–Kier alpha value is -1.44. The average Bonchev–Trinajstić information content (AvgIpc) is 2.24. The topological polar surface area (TPSA) is 25.8 Å². The zero-order chi connectivity index (χ0) is 13.6. The second-order valence-electron chi connectivity index (χ2n) is 6.94. The number of fused-ring (bicyclic) bond motifs is 1. The summed E-state index contributed by atoms with van der Waals surface area (Å²) >= 11 is 0. The molecule has 0 saturated carbocycles. The molecule has 2 nitrogen and oxygen atoms in total. The summed E-state index contributed by atoms with van der Waals surface area (Å²) in [7, 11) is 0. The van der Waals surface area contributed by atoms with Crippen LogP contribution in [0.3, 0.4) is 0 Å². The van der Waals surface area contributed by atoms with Crippen LogP contribution < -0.4 is 0 Å². The van der Waals surface area contributed by atoms with Gasteiger partial charge in [-0.05, 0) is 28.0 Å². The standard InChI is InChI=1S/C16H22N2/c1-15(2,3)12-9-18-13-10-17-8-7-11(13)14(12)16(4,5)6/h7-10H,1-6H3. The first kappa shape index (κ1) is 13.0. The molecular formula is C16H22N2. The lowest BCUT2D eigenvalue weighted by Crippen LogP contribution is -2.22. The molecule has 0 aromatic carbocycles. The van der Waals surface area contributed by atoms with E-state index >= 15 is 0 Å². The molecule has 96 valence electrons. The summed E-state index contributed by atoms with van der Waals surface area (Å²) in [5, 5.41) is 1.23. The van der Waals surface area contributed by atoms with Crippen LogP contribution in [0.2, 0.25) is 0 Å². The van der Waals surface area contributed by atoms with E-state index in [1.165, 1.54) is 16.5 Å². The maximum absolute atomic E-state index is 4.56. The fraction of sp³-hybridized carbons (Fsp3) is 0.500. The number of nitrogens with zero attached hydrogens (tertiary/aromatic N) is 2. The molecule has 0 unspecified atom stereocenters. The molecule has 0 aliphatic heterocycles. The van der Waals surface area contributed by atoms with Crippen LogP contribution in [-0.2, 0) is 10.8 Å². The lowest BCUT2D eigenvalue weighted by molar-refractivity contribution is 0.532. The Morgan fingerprint density at radius 1 is 0.889 bits per heavy atom. The first-order valence-electron chi connectivity index (χ1n) is 6.45. The van der Waals surface area contributed by atoms with Crippen molar-refractivity contribution in [2.75, 3.05) is 0 Å². The normalized spacial score (nSPS) is 13.0. The first-order chi connectivity index (χ1) is 8.21. The highest BCUT2D eigenvalue weighted by molar-refractivity contribution is 5.83. The molecule has 2 aromatic heterocycles. The van der Waals surface area contributed by atoms with Gasteiger partial charge >= 0.3 is 0 Å². The van der Waals surface area contributed by atoms with Gasteiger partial charge in [0.25, 0.3) is 0 Å². The van der Waals surface area contributed by atoms with E-state index in [9.17, 15) is 0 Å². The second kappa shape index (κ2) is 4.04. The Labute approximate surface area is 109 Å². The average molecular weight is 242 g/mol. The second-order valence-corrected chi connectivity index (χ2v) is 6.94. The molecule has 18 heavy (non-hydrogen) atoms. The monoisotopic (exact) mass is 242 g/mol. The van der Waals surface area contributed by atoms with E-state index < -0.39 is 0 Å². The highest BCUT2D eigenvalue weighted by Crippen LogP contribution is 2.37. The van der Waals surface area contributed by atoms with Crippen molar-refractivity contribution in [3.8, 4) is 0 Å². The molecular weight excluding hydrogens is 220 g/mol. The summed E-state index contributed by atoms with van der Waals surface area (Å²) < 4.78 is 0. The Kier molecular flexibility index (Phi) is 2.92. The van der Waals surface area contributed by atoms with Crippen LogP contribution in [0, 0.1) is 0 Å². The smallest absolute Gasteiger partial charge is 0.0888 e. The van der Waals surface area contributed by atoms with Gasteiger partial charge in [0.15, 0.2) is 0 Å². The predicted molar refractivity (Wildman–Crippen MR) is 76.9 cm³/mol. The molecule has 0 fully saturated rings. The molecule has 0 atom stereocenters. The summed E-state index contributed by atoms with van der Waals surface area (Å²) in [6.07, 6.45) is 5.72. The minimum Gasteiger partial charge on any atom is -0.262 e. The third kappa shape index (κ3) is 2.24. The highest BCUT2D eigenvalue weighted by atomic mass is 14.7. The largest absolute Gasteiger partial charge is 0.262 e. The van der Waals surface area contributed by atoms with E-state index in [0.29, 0.717) is 0 Å². The Morgan fingerprint density at radius 3 is 2.11 bits per heavy atom. The Bertz CT molecular complexity index is 572. The maximum atomic E-state index is 4.56. The van der Waals surface area contributed by atoms with Crippen molar-refractivity contribution in [1.29, 1.82) is 0 Å². The molecule has 0 amide bonds. The van der Waals surface area contributed by atoms with Crippen molar-refractivity contribution in [3.63, 3.8) is 0 Å². The number of hydrogen-bond donors (Lipinski definition) is 0. The van der Waals surface area contributed by atoms with Crippen molar-refractivity contribution in [2.24, 2.45) is 0 Å². The molecule has 2 rings (SSSR count). The van der Waals surface area contributed by atoms with Crippen molar-refractivity contribution < 1.29 is 0 Å². The highest BCUT2D eigenvalue weighted by Gasteiger charge is 2.27. The molecule has 0 bridgehead atoms. The zero-order valence-electron chi connectivity index (χ0n) is 12.2. The van der Waals surface area contributed by atoms with Gasteiger partial charge in [-0.15, -0.1) is 0 Å². The molecule has 2 aromatic rings. The zero-order valence-corrected chi connectivity index (χ0v) is 12.2. The van der Waals surface area contributed by atoms with Crippen LogP contribution in [0.1, 0.15) is 52.7 Å². The number of aromatic nitrogens is 2. The van der Waals surface area contributed by atoms with Crippen LogP contribution in [-0.4, -0.2) is 9.97 Å². The van der Waals surface area contributed by atoms with Crippen molar-refractivity contribution in [3.05, 3.63) is 35.8 Å². The van der Waals surface area contributed by atoms with Gasteiger partial charge in [-0.1, -0.05) is 41.5 Å². The van der Waals surface area contributed by atoms with Gasteiger partial charge in [0, 0.05) is 17.8 Å². The van der Waals surface area contributed by atoms with Gasteiger partial charge in [-0.2, -0.15) is 0 Å². The molecule has 0 N–H and O–H groups in total. The minimum atomic E-state index is 0.102. The Balaban J connectivity index is 2.89. The van der Waals surface area contributed by atoms with E-state index in [4.69, 9.17) is 0 Å². The SMILES string of the molecule is CC(C)(C)c1cnc2cnccc2c1C(C)(C)C. The summed E-state index contributed by atoms with van der Waals surface area (Å²) in [4.78, 5) is 8.72. The quantitative estimate of drug-likeness (QED) is 0.691. The summed E-state index contributed by atoms with van der Waals surface area (Å²) in [6.45, 7) is 13.5. The maximum Gasteiger partial charge on any atom is 0.0888 e. The summed E-state index contributed by atoms with van der Waals surface area (Å²) in [6, 6.07) is 2.08. The van der Waals surface area contributed by atoms with Crippen LogP contribution in [0.25, 0.3) is 10.9 Å². The lowest BCUT2D eigenvalue weighted by Gasteiger charge is -2.30. The van der Waals surface area contributed by atoms with Gasteiger partial charge in [0.2, 0.25) is 0 Å². The molecule has 2 heterocycles. The Morgan fingerprint density at radius 2 is 1.56 bits per heavy atom. The summed E-state index contributed by atoms with van der Waals surface area (Å²) in [5.41, 5.74) is 3.91. The third-order valence-corrected chi connectivity index (χ3v) is 3.23. The third-order valence-electron chi connectivity index (χ3n) is 3.23. The molecule has 0 radical (unpaired) electrons. The summed E-state index contributed by atoms with van der Waals surface area (Å²) in [5.74, 6) is 0. The molecule has 2 heteroatoms. The number of pyridine rings is 2. The van der Waals surface area contributed by atoms with Crippen molar-refractivity contribution in [2.45, 2.75) is 52.4 Å². The van der Waals surface area contributed by atoms with Crippen molar-refractivity contribution >= 4 is 10.9 Å². The van der Waals surface area contributed by atoms with Gasteiger partial charge in [-0.25, -0.2) is 0 Å². The molecule has 0 aliphatic rings. The van der Waals surface area contributed by atoms with E-state index in [0.717, 1.165) is 5.52 Å². The van der Waals surface area contributed by atoms with Crippen LogP contribution >= 0.6 is 0 Å². The van der Waals surface area contributed by atoms with Crippen molar-refractivity contribution in [1.82, 2.24) is 9.97 Å². The van der Waals surface area contributed by atoms with Gasteiger partial charge in [-0.3, -0.25) is 9.97 Å². The van der Waals surface area contributed by atoms with Gasteiger partial charge in [0.1, 0.15) is 0 Å². The van der Waals surface area contributed by atoms with E-state index in [1.54, 1.807) is 0 Å². The fourth-order valence-corrected chi connectivity index (χ4v) is 2.42. The molecule has 0 spiro atoms. The minimum absolute atomic E-state index is 0.102. The van der Waals surface area contributed by atoms with Crippen LogP contribution in [0.4, 0.5) is 0 Å².